The summed E-state index contributed by atoms with van der Waals surface area (Å²) in [4.78, 5) is 0. The van der Waals surface area contributed by atoms with Gasteiger partial charge in [0.25, 0.3) is 0 Å². The van der Waals surface area contributed by atoms with Crippen molar-refractivity contribution in [1.82, 2.24) is 0 Å². The molecule has 45 heavy (non-hydrogen) atoms. The van der Waals surface area contributed by atoms with E-state index in [4.69, 9.17) is 0 Å². The average molecular weight is 583 g/mol. The van der Waals surface area contributed by atoms with Crippen LogP contribution in [0.15, 0.2) is 97.1 Å². The summed E-state index contributed by atoms with van der Waals surface area (Å²) < 4.78 is 0. The lowest BCUT2D eigenvalue weighted by atomic mass is 9.81. The number of hydrogen-bond acceptors (Lipinski definition) is 0. The van der Waals surface area contributed by atoms with Crippen LogP contribution in [0.1, 0.15) is 67.5 Å². The maximum Gasteiger partial charge on any atom is -0.00143 e. The summed E-state index contributed by atoms with van der Waals surface area (Å²) in [6.45, 7) is 9.19. The number of benzene rings is 7. The molecule has 0 bridgehead atoms. The van der Waals surface area contributed by atoms with Crippen molar-refractivity contribution in [2.45, 2.75) is 72.6 Å². The van der Waals surface area contributed by atoms with Crippen molar-refractivity contribution < 1.29 is 0 Å². The third kappa shape index (κ3) is 4.33. The first-order valence-electron chi connectivity index (χ1n) is 17.2. The van der Waals surface area contributed by atoms with Crippen molar-refractivity contribution in [2.24, 2.45) is 0 Å². The van der Waals surface area contributed by atoms with E-state index >= 15 is 0 Å². The van der Waals surface area contributed by atoms with Crippen LogP contribution in [-0.4, -0.2) is 0 Å². The van der Waals surface area contributed by atoms with Crippen LogP contribution in [0.5, 0.6) is 0 Å². The highest BCUT2D eigenvalue weighted by atomic mass is 14.3. The van der Waals surface area contributed by atoms with Gasteiger partial charge >= 0.3 is 0 Å². The Labute approximate surface area is 268 Å². The Kier molecular flexibility index (Phi) is 6.98. The van der Waals surface area contributed by atoms with Gasteiger partial charge < -0.3 is 0 Å². The highest BCUT2D eigenvalue weighted by Gasteiger charge is 2.22. The van der Waals surface area contributed by atoms with Crippen LogP contribution in [0.3, 0.4) is 0 Å². The fourth-order valence-corrected chi connectivity index (χ4v) is 8.56. The minimum atomic E-state index is 1.03. The summed E-state index contributed by atoms with van der Waals surface area (Å²) in [5.41, 5.74) is 17.3. The maximum absolute atomic E-state index is 2.53. The van der Waals surface area contributed by atoms with Crippen molar-refractivity contribution in [2.75, 3.05) is 0 Å². The van der Waals surface area contributed by atoms with Gasteiger partial charge in [-0.3, -0.25) is 0 Å². The first kappa shape index (κ1) is 28.1. The molecule has 1 aliphatic carbocycles. The summed E-state index contributed by atoms with van der Waals surface area (Å²) in [6, 6.07) is 38.0. The standard InChI is InChI=1S/C45H42/c1-5-28-13-9-14-29(6-2)42(28)38-23-24-40-41(43-30(7-3)15-10-16-31(43)8-4)27-35-26-34(25-33-21-22-39(38)45(40)44(33)35)37-20-12-18-32-17-11-19-36(32)37/h9-10,12-16,18,20-27H,5-8,11,17,19H2,1-4H3. The van der Waals surface area contributed by atoms with Gasteiger partial charge in [-0.1, -0.05) is 107 Å². The Bertz CT molecular complexity index is 2180. The van der Waals surface area contributed by atoms with Gasteiger partial charge in [0.2, 0.25) is 0 Å². The second-order valence-electron chi connectivity index (χ2n) is 13.0. The first-order valence-corrected chi connectivity index (χ1v) is 17.2. The van der Waals surface area contributed by atoms with Gasteiger partial charge in [-0.05, 0) is 162 Å². The van der Waals surface area contributed by atoms with Crippen LogP contribution >= 0.6 is 0 Å². The molecular formula is C45H42. The minimum absolute atomic E-state index is 1.03. The van der Waals surface area contributed by atoms with E-state index in [0.29, 0.717) is 0 Å². The SMILES string of the molecule is CCc1cccc(CC)c1-c1ccc2c(-c3c(CC)cccc3CC)cc3cc(-c4cccc5c4CCC5)cc4ccc1c2c43. The molecule has 0 unspecified atom stereocenters. The molecule has 0 saturated heterocycles. The van der Waals surface area contributed by atoms with Crippen LogP contribution in [0.4, 0.5) is 0 Å². The monoisotopic (exact) mass is 582 g/mol. The predicted octanol–water partition coefficient (Wildman–Crippen LogP) is 12.3. The summed E-state index contributed by atoms with van der Waals surface area (Å²) in [5, 5.41) is 8.28. The molecule has 0 N–H and O–H groups in total. The molecule has 0 nitrogen and oxygen atoms in total. The number of rotatable bonds is 7. The molecule has 8 rings (SSSR count). The van der Waals surface area contributed by atoms with Crippen molar-refractivity contribution in [1.29, 1.82) is 0 Å². The molecule has 0 saturated carbocycles. The molecule has 0 fully saturated rings. The molecule has 0 spiro atoms. The zero-order chi connectivity index (χ0) is 30.7. The second kappa shape index (κ2) is 11.2. The van der Waals surface area contributed by atoms with Crippen molar-refractivity contribution in [3.8, 4) is 33.4 Å². The normalized spacial score (nSPS) is 13.0. The third-order valence-corrected chi connectivity index (χ3v) is 10.7. The fourth-order valence-electron chi connectivity index (χ4n) is 8.56. The van der Waals surface area contributed by atoms with Crippen LogP contribution < -0.4 is 0 Å². The van der Waals surface area contributed by atoms with E-state index in [9.17, 15) is 0 Å². The molecule has 7 aromatic rings. The van der Waals surface area contributed by atoms with Crippen molar-refractivity contribution in [3.05, 3.63) is 130 Å². The fraction of sp³-hybridized carbons (Fsp3) is 0.244. The molecule has 0 heterocycles. The highest BCUT2D eigenvalue weighted by Crippen LogP contribution is 2.47. The van der Waals surface area contributed by atoms with Crippen LogP contribution in [0.2, 0.25) is 0 Å². The maximum atomic E-state index is 2.53. The number of fused-ring (bicyclic) bond motifs is 1. The molecule has 7 aromatic carbocycles. The van der Waals surface area contributed by atoms with E-state index in [1.807, 2.05) is 0 Å². The summed E-state index contributed by atoms with van der Waals surface area (Å²) in [7, 11) is 0. The summed E-state index contributed by atoms with van der Waals surface area (Å²) in [5.74, 6) is 0. The molecule has 0 amide bonds. The Morgan fingerprint density at radius 1 is 0.467 bits per heavy atom. The molecule has 1 aliphatic rings. The zero-order valence-corrected chi connectivity index (χ0v) is 27.2. The second-order valence-corrected chi connectivity index (χ2v) is 13.0. The van der Waals surface area contributed by atoms with E-state index < -0.39 is 0 Å². The Morgan fingerprint density at radius 3 is 1.71 bits per heavy atom. The van der Waals surface area contributed by atoms with Gasteiger partial charge in [0.1, 0.15) is 0 Å². The molecule has 0 aliphatic heterocycles. The van der Waals surface area contributed by atoms with E-state index in [0.717, 1.165) is 25.7 Å². The van der Waals surface area contributed by atoms with Gasteiger partial charge in [0.05, 0.1) is 0 Å². The molecular weight excluding hydrogens is 540 g/mol. The predicted molar refractivity (Wildman–Crippen MR) is 196 cm³/mol. The zero-order valence-electron chi connectivity index (χ0n) is 27.2. The third-order valence-electron chi connectivity index (χ3n) is 10.7. The van der Waals surface area contributed by atoms with E-state index in [-0.39, 0.29) is 0 Å². The molecule has 0 atom stereocenters. The quantitative estimate of drug-likeness (QED) is 0.164. The lowest BCUT2D eigenvalue weighted by Gasteiger charge is -2.22. The average Bonchev–Trinajstić information content (AvgIpc) is 3.58. The Hall–Kier alpha value is -4.42. The smallest absolute Gasteiger partial charge is 0.00143 e. The van der Waals surface area contributed by atoms with Gasteiger partial charge in [-0.15, -0.1) is 0 Å². The van der Waals surface area contributed by atoms with E-state index in [2.05, 4.69) is 125 Å². The van der Waals surface area contributed by atoms with Gasteiger partial charge in [0, 0.05) is 0 Å². The Morgan fingerprint density at radius 2 is 1.04 bits per heavy atom. The van der Waals surface area contributed by atoms with Crippen LogP contribution in [0, 0.1) is 0 Å². The molecule has 0 radical (unpaired) electrons. The highest BCUT2D eigenvalue weighted by molar-refractivity contribution is 6.29. The molecule has 0 heteroatoms. The van der Waals surface area contributed by atoms with Gasteiger partial charge in [-0.25, -0.2) is 0 Å². The summed E-state index contributed by atoms with van der Waals surface area (Å²) >= 11 is 0. The van der Waals surface area contributed by atoms with Crippen LogP contribution in [-0.2, 0) is 38.5 Å². The molecule has 0 aromatic heterocycles. The van der Waals surface area contributed by atoms with Crippen molar-refractivity contribution in [3.63, 3.8) is 0 Å². The minimum Gasteiger partial charge on any atom is -0.0617 e. The van der Waals surface area contributed by atoms with E-state index in [1.54, 1.807) is 5.56 Å². The van der Waals surface area contributed by atoms with E-state index in [1.165, 1.54) is 113 Å². The van der Waals surface area contributed by atoms with Gasteiger partial charge in [-0.2, -0.15) is 0 Å². The summed E-state index contributed by atoms with van der Waals surface area (Å²) in [6.07, 6.45) is 7.77. The number of aryl methyl sites for hydroxylation is 5. The molecule has 222 valence electrons. The lowest BCUT2D eigenvalue weighted by molar-refractivity contribution is 0.912. The van der Waals surface area contributed by atoms with Gasteiger partial charge in [0.15, 0.2) is 0 Å². The van der Waals surface area contributed by atoms with Crippen molar-refractivity contribution >= 4 is 32.3 Å². The Balaban J connectivity index is 1.52. The van der Waals surface area contributed by atoms with Crippen LogP contribution in [0.25, 0.3) is 65.7 Å². The largest absolute Gasteiger partial charge is 0.0617 e. The topological polar surface area (TPSA) is 0 Å². The number of hydrogen-bond donors (Lipinski definition) is 0. The first-order chi connectivity index (χ1) is 22.1. The lowest BCUT2D eigenvalue weighted by Crippen LogP contribution is -1.99.